The van der Waals surface area contributed by atoms with Gasteiger partial charge < -0.3 is 0 Å². The molecule has 2 aliphatic rings. The van der Waals surface area contributed by atoms with Crippen molar-refractivity contribution in [1.82, 2.24) is 0 Å². The summed E-state index contributed by atoms with van der Waals surface area (Å²) in [7, 11) is 0. The van der Waals surface area contributed by atoms with E-state index >= 15 is 0 Å². The highest BCUT2D eigenvalue weighted by Crippen LogP contribution is 2.72. The smallest absolute Gasteiger partial charge is 0.0235 e. The molecule has 0 bridgehead atoms. The lowest BCUT2D eigenvalue weighted by atomic mass is 9.74. The summed E-state index contributed by atoms with van der Waals surface area (Å²) < 4.78 is 0. The molecule has 0 aromatic rings. The summed E-state index contributed by atoms with van der Waals surface area (Å²) in [6.45, 7) is 14.7. The average Bonchev–Trinajstić information content (AvgIpc) is 3.16. The van der Waals surface area contributed by atoms with Crippen LogP contribution >= 0.6 is 0 Å². The van der Waals surface area contributed by atoms with Gasteiger partial charge in [0.1, 0.15) is 0 Å². The molecule has 2 rings (SSSR count). The van der Waals surface area contributed by atoms with Crippen LogP contribution in [0.4, 0.5) is 0 Å². The molecule has 2 aliphatic carbocycles. The van der Waals surface area contributed by atoms with E-state index in [4.69, 9.17) is 0 Å². The zero-order valence-corrected chi connectivity index (χ0v) is 13.5. The maximum atomic E-state index is 2.56. The van der Waals surface area contributed by atoms with Gasteiger partial charge in [0.15, 0.2) is 0 Å². The summed E-state index contributed by atoms with van der Waals surface area (Å²) in [6.07, 6.45) is 7.36. The van der Waals surface area contributed by atoms with Gasteiger partial charge in [0.25, 0.3) is 0 Å². The molecule has 0 spiro atoms. The summed E-state index contributed by atoms with van der Waals surface area (Å²) in [6, 6.07) is 0. The van der Waals surface area contributed by atoms with Gasteiger partial charge in [-0.3, -0.25) is 0 Å². The van der Waals surface area contributed by atoms with Gasteiger partial charge in [-0.15, -0.1) is 0 Å². The molecule has 2 saturated carbocycles. The molecule has 0 saturated heterocycles. The van der Waals surface area contributed by atoms with Gasteiger partial charge in [0.2, 0.25) is 0 Å². The first kappa shape index (κ1) is 14.4. The summed E-state index contributed by atoms with van der Waals surface area (Å²) in [5.41, 5.74) is 0.771. The standard InChI is InChI=1S/C18H34/c1-7-8-16-14(5)17(16)18(9-10-18)15(6)13(4)11-12(2)3/h12-17H,7-11H2,1-6H3. The predicted octanol–water partition coefficient (Wildman–Crippen LogP) is 5.77. The van der Waals surface area contributed by atoms with Crippen LogP contribution in [0.25, 0.3) is 0 Å². The fourth-order valence-electron chi connectivity index (χ4n) is 5.02. The molecule has 18 heavy (non-hydrogen) atoms. The third-order valence-corrected chi connectivity index (χ3v) is 6.28. The van der Waals surface area contributed by atoms with Gasteiger partial charge in [-0.25, -0.2) is 0 Å². The van der Waals surface area contributed by atoms with E-state index < -0.39 is 0 Å². The minimum atomic E-state index is 0.771. The SMILES string of the molecule is CCCC1C(C)C1C1(C(C)C(C)CC(C)C)CC1. The van der Waals surface area contributed by atoms with Crippen LogP contribution < -0.4 is 0 Å². The van der Waals surface area contributed by atoms with Crippen molar-refractivity contribution in [3.8, 4) is 0 Å². The second kappa shape index (κ2) is 5.17. The Bertz CT molecular complexity index is 274. The Morgan fingerprint density at radius 1 is 1.11 bits per heavy atom. The molecule has 0 aliphatic heterocycles. The first-order valence-corrected chi connectivity index (χ1v) is 8.44. The Morgan fingerprint density at radius 2 is 1.72 bits per heavy atom. The Morgan fingerprint density at radius 3 is 2.17 bits per heavy atom. The van der Waals surface area contributed by atoms with Crippen molar-refractivity contribution >= 4 is 0 Å². The van der Waals surface area contributed by atoms with Gasteiger partial charge in [-0.05, 0) is 60.2 Å². The predicted molar refractivity (Wildman–Crippen MR) is 80.5 cm³/mol. The van der Waals surface area contributed by atoms with E-state index in [0.29, 0.717) is 0 Å². The topological polar surface area (TPSA) is 0 Å². The van der Waals surface area contributed by atoms with Crippen LogP contribution in [0.15, 0.2) is 0 Å². The second-order valence-corrected chi connectivity index (χ2v) is 7.97. The molecule has 0 heteroatoms. The van der Waals surface area contributed by atoms with Crippen LogP contribution in [0.1, 0.15) is 73.6 Å². The number of hydrogen-bond acceptors (Lipinski definition) is 0. The van der Waals surface area contributed by atoms with Gasteiger partial charge in [-0.2, -0.15) is 0 Å². The number of hydrogen-bond donors (Lipinski definition) is 0. The van der Waals surface area contributed by atoms with Crippen LogP contribution in [0.3, 0.4) is 0 Å². The summed E-state index contributed by atoms with van der Waals surface area (Å²) in [4.78, 5) is 0. The van der Waals surface area contributed by atoms with E-state index in [1.54, 1.807) is 0 Å². The Balaban J connectivity index is 1.95. The fourth-order valence-corrected chi connectivity index (χ4v) is 5.02. The fraction of sp³-hybridized carbons (Fsp3) is 1.00. The zero-order chi connectivity index (χ0) is 13.5. The lowest BCUT2D eigenvalue weighted by Gasteiger charge is -2.31. The molecule has 0 nitrogen and oxygen atoms in total. The molecule has 0 amide bonds. The van der Waals surface area contributed by atoms with E-state index in [9.17, 15) is 0 Å². The summed E-state index contributed by atoms with van der Waals surface area (Å²) in [5.74, 6) is 5.92. The molecule has 0 N–H and O–H groups in total. The molecular weight excluding hydrogens is 216 g/mol. The molecule has 0 radical (unpaired) electrons. The van der Waals surface area contributed by atoms with E-state index in [2.05, 4.69) is 41.5 Å². The maximum absolute atomic E-state index is 2.56. The molecule has 5 atom stereocenters. The highest BCUT2D eigenvalue weighted by atomic mass is 14.7. The van der Waals surface area contributed by atoms with Gasteiger partial charge in [0, 0.05) is 0 Å². The monoisotopic (exact) mass is 250 g/mol. The minimum absolute atomic E-state index is 0.771. The molecule has 0 aromatic carbocycles. The van der Waals surface area contributed by atoms with Crippen molar-refractivity contribution in [1.29, 1.82) is 0 Å². The van der Waals surface area contributed by atoms with Gasteiger partial charge >= 0.3 is 0 Å². The van der Waals surface area contributed by atoms with Crippen molar-refractivity contribution in [3.63, 3.8) is 0 Å². The van der Waals surface area contributed by atoms with Crippen LogP contribution in [0, 0.1) is 40.9 Å². The Kier molecular flexibility index (Phi) is 4.14. The van der Waals surface area contributed by atoms with Crippen molar-refractivity contribution in [2.75, 3.05) is 0 Å². The third kappa shape index (κ3) is 2.49. The van der Waals surface area contributed by atoms with Crippen molar-refractivity contribution in [3.05, 3.63) is 0 Å². The van der Waals surface area contributed by atoms with E-state index in [0.717, 1.165) is 40.9 Å². The van der Waals surface area contributed by atoms with Crippen LogP contribution in [0.2, 0.25) is 0 Å². The highest BCUT2D eigenvalue weighted by Gasteiger charge is 2.65. The number of rotatable bonds is 7. The molecule has 2 fully saturated rings. The quantitative estimate of drug-likeness (QED) is 0.538. The van der Waals surface area contributed by atoms with E-state index in [1.807, 2.05) is 0 Å². The summed E-state index contributed by atoms with van der Waals surface area (Å²) in [5, 5.41) is 0. The van der Waals surface area contributed by atoms with Crippen molar-refractivity contribution < 1.29 is 0 Å². The lowest BCUT2D eigenvalue weighted by molar-refractivity contribution is 0.178. The largest absolute Gasteiger partial charge is 0.0654 e. The third-order valence-electron chi connectivity index (χ3n) is 6.28. The van der Waals surface area contributed by atoms with Gasteiger partial charge in [0.05, 0.1) is 0 Å². The summed E-state index contributed by atoms with van der Waals surface area (Å²) >= 11 is 0. The molecule has 5 unspecified atom stereocenters. The molecule has 0 heterocycles. The van der Waals surface area contributed by atoms with Crippen molar-refractivity contribution in [2.24, 2.45) is 40.9 Å². The second-order valence-electron chi connectivity index (χ2n) is 7.97. The van der Waals surface area contributed by atoms with E-state index in [-0.39, 0.29) is 0 Å². The van der Waals surface area contributed by atoms with Crippen LogP contribution in [-0.4, -0.2) is 0 Å². The van der Waals surface area contributed by atoms with E-state index in [1.165, 1.54) is 32.1 Å². The lowest BCUT2D eigenvalue weighted by Crippen LogP contribution is -2.24. The average molecular weight is 250 g/mol. The molecular formula is C18H34. The van der Waals surface area contributed by atoms with Crippen LogP contribution in [-0.2, 0) is 0 Å². The zero-order valence-electron chi connectivity index (χ0n) is 13.5. The van der Waals surface area contributed by atoms with Crippen LogP contribution in [0.5, 0.6) is 0 Å². The van der Waals surface area contributed by atoms with Crippen molar-refractivity contribution in [2.45, 2.75) is 73.6 Å². The first-order valence-electron chi connectivity index (χ1n) is 8.44. The normalized spacial score (nSPS) is 36.5. The molecule has 106 valence electrons. The highest BCUT2D eigenvalue weighted by molar-refractivity contribution is 5.13. The molecule has 0 aromatic heterocycles. The Hall–Kier alpha value is 0. The minimum Gasteiger partial charge on any atom is -0.0654 e. The maximum Gasteiger partial charge on any atom is -0.0235 e. The Labute approximate surface area is 115 Å². The first-order chi connectivity index (χ1) is 8.44. The van der Waals surface area contributed by atoms with Gasteiger partial charge in [-0.1, -0.05) is 54.4 Å².